The van der Waals surface area contributed by atoms with Crippen molar-refractivity contribution in [3.63, 3.8) is 0 Å². The Kier molecular flexibility index (Phi) is 2.33. The first kappa shape index (κ1) is 9.34. The average Bonchev–Trinajstić information content (AvgIpc) is 2.51. The summed E-state index contributed by atoms with van der Waals surface area (Å²) in [6.07, 6.45) is 0.183. The van der Waals surface area contributed by atoms with Crippen LogP contribution in [-0.2, 0) is 0 Å². The molecule has 0 radical (unpaired) electrons. The standard InChI is InChI=1S/C11H15NO2/c1-7-11(12-2)9-5-4-8(13-3)6-10(9)14-7/h4-7,11-12H,1-3H3. The smallest absolute Gasteiger partial charge is 0.128 e. The second kappa shape index (κ2) is 3.50. The van der Waals surface area contributed by atoms with Crippen molar-refractivity contribution in [1.82, 2.24) is 5.32 Å². The van der Waals surface area contributed by atoms with Gasteiger partial charge in [-0.1, -0.05) is 0 Å². The molecule has 0 saturated carbocycles. The van der Waals surface area contributed by atoms with E-state index in [0.717, 1.165) is 11.5 Å². The zero-order chi connectivity index (χ0) is 10.1. The molecule has 3 heteroatoms. The van der Waals surface area contributed by atoms with Crippen LogP contribution in [0.2, 0.25) is 0 Å². The van der Waals surface area contributed by atoms with Gasteiger partial charge in [-0.15, -0.1) is 0 Å². The number of likely N-dealkylation sites (N-methyl/N-ethyl adjacent to an activating group) is 1. The minimum atomic E-state index is 0.183. The van der Waals surface area contributed by atoms with Crippen LogP contribution in [0.1, 0.15) is 18.5 Å². The predicted octanol–water partition coefficient (Wildman–Crippen LogP) is 1.74. The largest absolute Gasteiger partial charge is 0.497 e. The number of hydrogen-bond acceptors (Lipinski definition) is 3. The number of nitrogens with one attached hydrogen (secondary N) is 1. The monoisotopic (exact) mass is 193 g/mol. The lowest BCUT2D eigenvalue weighted by molar-refractivity contribution is 0.214. The topological polar surface area (TPSA) is 30.5 Å². The highest BCUT2D eigenvalue weighted by Gasteiger charge is 2.29. The quantitative estimate of drug-likeness (QED) is 0.776. The molecular weight excluding hydrogens is 178 g/mol. The average molecular weight is 193 g/mol. The third-order valence-electron chi connectivity index (χ3n) is 2.65. The molecule has 0 saturated heterocycles. The van der Waals surface area contributed by atoms with Gasteiger partial charge in [-0.25, -0.2) is 0 Å². The lowest BCUT2D eigenvalue weighted by Gasteiger charge is -2.12. The van der Waals surface area contributed by atoms with Crippen molar-refractivity contribution >= 4 is 0 Å². The fourth-order valence-electron chi connectivity index (χ4n) is 1.91. The number of ether oxygens (including phenoxy) is 2. The van der Waals surface area contributed by atoms with E-state index in [1.54, 1.807) is 7.11 Å². The van der Waals surface area contributed by atoms with E-state index >= 15 is 0 Å². The van der Waals surface area contributed by atoms with Crippen LogP contribution in [-0.4, -0.2) is 20.3 Å². The molecule has 0 fully saturated rings. The van der Waals surface area contributed by atoms with Crippen molar-refractivity contribution < 1.29 is 9.47 Å². The highest BCUT2D eigenvalue weighted by atomic mass is 16.5. The van der Waals surface area contributed by atoms with Gasteiger partial charge in [-0.05, 0) is 26.1 Å². The first-order valence-corrected chi connectivity index (χ1v) is 4.78. The maximum Gasteiger partial charge on any atom is 0.128 e. The molecule has 0 bridgehead atoms. The van der Waals surface area contributed by atoms with Gasteiger partial charge in [0.2, 0.25) is 0 Å². The van der Waals surface area contributed by atoms with Gasteiger partial charge < -0.3 is 14.8 Å². The molecule has 1 heterocycles. The second-order valence-electron chi connectivity index (χ2n) is 3.49. The highest BCUT2D eigenvalue weighted by molar-refractivity contribution is 5.45. The third kappa shape index (κ3) is 1.34. The zero-order valence-corrected chi connectivity index (χ0v) is 8.70. The van der Waals surface area contributed by atoms with Gasteiger partial charge >= 0.3 is 0 Å². The Morgan fingerprint density at radius 3 is 2.86 bits per heavy atom. The van der Waals surface area contributed by atoms with Gasteiger partial charge in [0.1, 0.15) is 17.6 Å². The molecule has 2 unspecified atom stereocenters. The molecule has 14 heavy (non-hydrogen) atoms. The number of rotatable bonds is 2. The number of methoxy groups -OCH3 is 1. The molecule has 1 N–H and O–H groups in total. The van der Waals surface area contributed by atoms with Crippen molar-refractivity contribution in [2.75, 3.05) is 14.2 Å². The molecule has 0 aliphatic carbocycles. The van der Waals surface area contributed by atoms with Gasteiger partial charge in [-0.3, -0.25) is 0 Å². The van der Waals surface area contributed by atoms with Crippen molar-refractivity contribution in [2.24, 2.45) is 0 Å². The fraction of sp³-hybridized carbons (Fsp3) is 0.455. The van der Waals surface area contributed by atoms with Crippen LogP contribution in [0, 0.1) is 0 Å². The predicted molar refractivity (Wildman–Crippen MR) is 54.9 cm³/mol. The Hall–Kier alpha value is -1.22. The van der Waals surface area contributed by atoms with Crippen molar-refractivity contribution in [3.8, 4) is 11.5 Å². The van der Waals surface area contributed by atoms with Gasteiger partial charge in [0, 0.05) is 11.6 Å². The summed E-state index contributed by atoms with van der Waals surface area (Å²) < 4.78 is 10.9. The molecule has 1 aliphatic heterocycles. The van der Waals surface area contributed by atoms with E-state index in [4.69, 9.17) is 9.47 Å². The van der Waals surface area contributed by atoms with Crippen molar-refractivity contribution in [3.05, 3.63) is 23.8 Å². The minimum Gasteiger partial charge on any atom is -0.497 e. The third-order valence-corrected chi connectivity index (χ3v) is 2.65. The Morgan fingerprint density at radius 2 is 2.21 bits per heavy atom. The van der Waals surface area contributed by atoms with Crippen LogP contribution in [0.3, 0.4) is 0 Å². The SMILES string of the molecule is CNC1c2ccc(OC)cc2OC1C. The number of fused-ring (bicyclic) bond motifs is 1. The Bertz CT molecular complexity index is 338. The summed E-state index contributed by atoms with van der Waals surface area (Å²) in [7, 11) is 3.61. The maximum absolute atomic E-state index is 5.71. The number of hydrogen-bond donors (Lipinski definition) is 1. The molecule has 1 aromatic carbocycles. The van der Waals surface area contributed by atoms with Crippen LogP contribution < -0.4 is 14.8 Å². The Morgan fingerprint density at radius 1 is 1.43 bits per heavy atom. The molecule has 0 amide bonds. The summed E-state index contributed by atoms with van der Waals surface area (Å²) in [5.41, 5.74) is 1.21. The van der Waals surface area contributed by atoms with E-state index in [-0.39, 0.29) is 12.1 Å². The van der Waals surface area contributed by atoms with E-state index in [1.165, 1.54) is 5.56 Å². The van der Waals surface area contributed by atoms with Gasteiger partial charge in [0.15, 0.2) is 0 Å². The van der Waals surface area contributed by atoms with E-state index < -0.39 is 0 Å². The normalized spacial score (nSPS) is 24.2. The van der Waals surface area contributed by atoms with Crippen molar-refractivity contribution in [2.45, 2.75) is 19.1 Å². The molecule has 1 aliphatic rings. The molecule has 3 nitrogen and oxygen atoms in total. The second-order valence-corrected chi connectivity index (χ2v) is 3.49. The van der Waals surface area contributed by atoms with Crippen LogP contribution >= 0.6 is 0 Å². The van der Waals surface area contributed by atoms with E-state index in [2.05, 4.69) is 18.3 Å². The first-order chi connectivity index (χ1) is 6.76. The summed E-state index contributed by atoms with van der Waals surface area (Å²) in [6, 6.07) is 6.24. The maximum atomic E-state index is 5.71. The molecule has 1 aromatic rings. The molecule has 76 valence electrons. The van der Waals surface area contributed by atoms with E-state index in [1.807, 2.05) is 19.2 Å². The van der Waals surface area contributed by atoms with E-state index in [9.17, 15) is 0 Å². The van der Waals surface area contributed by atoms with Crippen LogP contribution in [0.25, 0.3) is 0 Å². The number of benzene rings is 1. The molecule has 0 aromatic heterocycles. The zero-order valence-electron chi connectivity index (χ0n) is 8.70. The van der Waals surface area contributed by atoms with Gasteiger partial charge in [0.25, 0.3) is 0 Å². The van der Waals surface area contributed by atoms with Gasteiger partial charge in [0.05, 0.1) is 13.2 Å². The lowest BCUT2D eigenvalue weighted by atomic mass is 10.0. The summed E-state index contributed by atoms with van der Waals surface area (Å²) >= 11 is 0. The molecule has 0 spiro atoms. The van der Waals surface area contributed by atoms with E-state index in [0.29, 0.717) is 0 Å². The highest BCUT2D eigenvalue weighted by Crippen LogP contribution is 2.38. The molecular formula is C11H15NO2. The lowest BCUT2D eigenvalue weighted by Crippen LogP contribution is -2.25. The summed E-state index contributed by atoms with van der Waals surface area (Å²) in [4.78, 5) is 0. The minimum absolute atomic E-state index is 0.183. The summed E-state index contributed by atoms with van der Waals surface area (Å²) in [5.74, 6) is 1.77. The van der Waals surface area contributed by atoms with Crippen molar-refractivity contribution in [1.29, 1.82) is 0 Å². The summed E-state index contributed by atoms with van der Waals surface area (Å²) in [6.45, 7) is 2.06. The Labute approximate surface area is 84.0 Å². The molecule has 2 rings (SSSR count). The fourth-order valence-corrected chi connectivity index (χ4v) is 1.91. The Balaban J connectivity index is 2.37. The van der Waals surface area contributed by atoms with Crippen LogP contribution in [0.4, 0.5) is 0 Å². The summed E-state index contributed by atoms with van der Waals surface area (Å²) in [5, 5.41) is 3.24. The first-order valence-electron chi connectivity index (χ1n) is 4.78. The van der Waals surface area contributed by atoms with Gasteiger partial charge in [-0.2, -0.15) is 0 Å². The van der Waals surface area contributed by atoms with Crippen LogP contribution in [0.5, 0.6) is 11.5 Å². The molecule has 2 atom stereocenters. The van der Waals surface area contributed by atoms with Crippen LogP contribution in [0.15, 0.2) is 18.2 Å².